The van der Waals surface area contributed by atoms with E-state index in [-0.39, 0.29) is 17.3 Å². The largest absolute Gasteiger partial charge is 0.378 e. The lowest BCUT2D eigenvalue weighted by atomic mass is 9.81. The molecule has 0 N–H and O–H groups in total. The fourth-order valence-electron chi connectivity index (χ4n) is 2.96. The summed E-state index contributed by atoms with van der Waals surface area (Å²) in [6.45, 7) is 3.95. The van der Waals surface area contributed by atoms with Gasteiger partial charge in [-0.3, -0.25) is 9.78 Å². The standard InChI is InChI=1S/C15H19NO3/c1-11-2-3-13(9-16-11)14(17)12-4-6-19-15(8-12)5-7-18-10-15/h2-3,9,12H,4-8,10H2,1H3. The van der Waals surface area contributed by atoms with E-state index in [1.54, 1.807) is 6.20 Å². The van der Waals surface area contributed by atoms with E-state index < -0.39 is 0 Å². The maximum Gasteiger partial charge on any atom is 0.167 e. The zero-order valence-electron chi connectivity index (χ0n) is 11.2. The summed E-state index contributed by atoms with van der Waals surface area (Å²) >= 11 is 0. The van der Waals surface area contributed by atoms with Crippen LogP contribution in [0.3, 0.4) is 0 Å². The van der Waals surface area contributed by atoms with Crippen molar-refractivity contribution in [1.82, 2.24) is 4.98 Å². The van der Waals surface area contributed by atoms with Crippen molar-refractivity contribution in [3.05, 3.63) is 29.6 Å². The van der Waals surface area contributed by atoms with Crippen LogP contribution in [-0.4, -0.2) is 36.2 Å². The van der Waals surface area contributed by atoms with Crippen LogP contribution >= 0.6 is 0 Å². The molecule has 3 rings (SSSR count). The van der Waals surface area contributed by atoms with Gasteiger partial charge in [-0.1, -0.05) is 0 Å². The normalized spacial score (nSPS) is 30.7. The van der Waals surface area contributed by atoms with Crippen molar-refractivity contribution in [2.24, 2.45) is 5.92 Å². The summed E-state index contributed by atoms with van der Waals surface area (Å²) in [5.41, 5.74) is 1.44. The van der Waals surface area contributed by atoms with Crippen molar-refractivity contribution in [3.8, 4) is 0 Å². The maximum atomic E-state index is 12.5. The highest BCUT2D eigenvalue weighted by Gasteiger charge is 2.43. The van der Waals surface area contributed by atoms with Crippen LogP contribution in [0.15, 0.2) is 18.3 Å². The van der Waals surface area contributed by atoms with Crippen molar-refractivity contribution >= 4 is 5.78 Å². The van der Waals surface area contributed by atoms with Crippen LogP contribution in [0, 0.1) is 12.8 Å². The Kier molecular flexibility index (Phi) is 3.37. The van der Waals surface area contributed by atoms with Crippen molar-refractivity contribution in [2.75, 3.05) is 19.8 Å². The van der Waals surface area contributed by atoms with Gasteiger partial charge in [0, 0.05) is 43.0 Å². The first-order valence-corrected chi connectivity index (χ1v) is 6.87. The number of rotatable bonds is 2. The summed E-state index contributed by atoms with van der Waals surface area (Å²) in [6, 6.07) is 3.76. The summed E-state index contributed by atoms with van der Waals surface area (Å²) in [7, 11) is 0. The predicted molar refractivity (Wildman–Crippen MR) is 70.1 cm³/mol. The van der Waals surface area contributed by atoms with Crippen LogP contribution in [0.1, 0.15) is 35.3 Å². The number of ether oxygens (including phenoxy) is 2. The summed E-state index contributed by atoms with van der Waals surface area (Å²) in [4.78, 5) is 16.7. The monoisotopic (exact) mass is 261 g/mol. The molecule has 0 aliphatic carbocycles. The SMILES string of the molecule is Cc1ccc(C(=O)C2CCOC3(CCOC3)C2)cn1. The second kappa shape index (κ2) is 5.02. The molecule has 0 bridgehead atoms. The molecule has 2 unspecified atom stereocenters. The lowest BCUT2D eigenvalue weighted by Crippen LogP contribution is -2.42. The fourth-order valence-corrected chi connectivity index (χ4v) is 2.96. The minimum Gasteiger partial charge on any atom is -0.378 e. The molecule has 102 valence electrons. The van der Waals surface area contributed by atoms with Crippen molar-refractivity contribution in [1.29, 1.82) is 0 Å². The van der Waals surface area contributed by atoms with Crippen LogP contribution in [-0.2, 0) is 9.47 Å². The number of nitrogens with zero attached hydrogens (tertiary/aromatic N) is 1. The number of aromatic nitrogens is 1. The van der Waals surface area contributed by atoms with Gasteiger partial charge in [-0.15, -0.1) is 0 Å². The molecule has 19 heavy (non-hydrogen) atoms. The zero-order chi connectivity index (χ0) is 13.3. The highest BCUT2D eigenvalue weighted by molar-refractivity contribution is 5.97. The van der Waals surface area contributed by atoms with Crippen molar-refractivity contribution in [2.45, 2.75) is 31.8 Å². The Morgan fingerprint density at radius 1 is 1.42 bits per heavy atom. The van der Waals surface area contributed by atoms with Gasteiger partial charge < -0.3 is 9.47 Å². The molecular formula is C15H19NO3. The first kappa shape index (κ1) is 12.8. The molecule has 1 spiro atoms. The molecule has 4 heteroatoms. The second-order valence-electron chi connectivity index (χ2n) is 5.58. The molecule has 1 aromatic rings. The van der Waals surface area contributed by atoms with E-state index in [2.05, 4.69) is 4.98 Å². The van der Waals surface area contributed by atoms with Gasteiger partial charge in [-0.25, -0.2) is 0 Å². The minimum absolute atomic E-state index is 0.0416. The Balaban J connectivity index is 1.74. The van der Waals surface area contributed by atoms with Crippen molar-refractivity contribution in [3.63, 3.8) is 0 Å². The predicted octanol–water partition coefficient (Wildman–Crippen LogP) is 2.16. The molecular weight excluding hydrogens is 242 g/mol. The van der Waals surface area contributed by atoms with E-state index >= 15 is 0 Å². The fraction of sp³-hybridized carbons (Fsp3) is 0.600. The Morgan fingerprint density at radius 3 is 3.00 bits per heavy atom. The molecule has 0 aromatic carbocycles. The average molecular weight is 261 g/mol. The summed E-state index contributed by atoms with van der Waals surface area (Å²) < 4.78 is 11.3. The Hall–Kier alpha value is -1.26. The molecule has 0 radical (unpaired) electrons. The second-order valence-corrected chi connectivity index (χ2v) is 5.58. The van der Waals surface area contributed by atoms with Gasteiger partial charge in [0.15, 0.2) is 5.78 Å². The van der Waals surface area contributed by atoms with Gasteiger partial charge in [0.1, 0.15) is 0 Å². The summed E-state index contributed by atoms with van der Waals surface area (Å²) in [5.74, 6) is 0.238. The lowest BCUT2D eigenvalue weighted by Gasteiger charge is -2.36. The molecule has 0 saturated carbocycles. The molecule has 2 aliphatic heterocycles. The van der Waals surface area contributed by atoms with E-state index in [0.717, 1.165) is 31.6 Å². The number of hydrogen-bond donors (Lipinski definition) is 0. The summed E-state index contributed by atoms with van der Waals surface area (Å²) in [5, 5.41) is 0. The van der Waals surface area contributed by atoms with Crippen LogP contribution in [0.25, 0.3) is 0 Å². The van der Waals surface area contributed by atoms with Crippen LogP contribution < -0.4 is 0 Å². The lowest BCUT2D eigenvalue weighted by molar-refractivity contribution is -0.0920. The molecule has 1 aromatic heterocycles. The highest BCUT2D eigenvalue weighted by Crippen LogP contribution is 2.36. The number of carbonyl (C=O) groups excluding carboxylic acids is 1. The third-order valence-corrected chi connectivity index (χ3v) is 4.13. The third kappa shape index (κ3) is 2.55. The zero-order valence-corrected chi connectivity index (χ0v) is 11.2. The van der Waals surface area contributed by atoms with E-state index in [0.29, 0.717) is 18.8 Å². The molecule has 2 atom stereocenters. The molecule has 2 fully saturated rings. The van der Waals surface area contributed by atoms with E-state index in [1.807, 2.05) is 19.1 Å². The van der Waals surface area contributed by atoms with Crippen molar-refractivity contribution < 1.29 is 14.3 Å². The molecule has 3 heterocycles. The number of hydrogen-bond acceptors (Lipinski definition) is 4. The minimum atomic E-state index is -0.212. The molecule has 0 amide bonds. The van der Waals surface area contributed by atoms with Gasteiger partial charge in [-0.2, -0.15) is 0 Å². The molecule has 2 saturated heterocycles. The number of carbonyl (C=O) groups is 1. The Labute approximate surface area is 113 Å². The van der Waals surface area contributed by atoms with E-state index in [9.17, 15) is 4.79 Å². The van der Waals surface area contributed by atoms with Crippen LogP contribution in [0.5, 0.6) is 0 Å². The van der Waals surface area contributed by atoms with Gasteiger partial charge in [0.25, 0.3) is 0 Å². The molecule has 2 aliphatic rings. The topological polar surface area (TPSA) is 48.4 Å². The number of aryl methyl sites for hydroxylation is 1. The highest BCUT2D eigenvalue weighted by atomic mass is 16.6. The number of Topliss-reactive ketones (excluding diaryl/α,β-unsaturated/α-hetero) is 1. The van der Waals surface area contributed by atoms with Gasteiger partial charge in [0.05, 0.1) is 12.2 Å². The number of ketones is 1. The van der Waals surface area contributed by atoms with E-state index in [4.69, 9.17) is 9.47 Å². The van der Waals surface area contributed by atoms with Crippen LogP contribution in [0.2, 0.25) is 0 Å². The van der Waals surface area contributed by atoms with Crippen LogP contribution in [0.4, 0.5) is 0 Å². The Morgan fingerprint density at radius 2 is 2.32 bits per heavy atom. The first-order chi connectivity index (χ1) is 9.19. The van der Waals surface area contributed by atoms with Gasteiger partial charge >= 0.3 is 0 Å². The first-order valence-electron chi connectivity index (χ1n) is 6.87. The van der Waals surface area contributed by atoms with E-state index in [1.165, 1.54) is 0 Å². The third-order valence-electron chi connectivity index (χ3n) is 4.13. The van der Waals surface area contributed by atoms with Gasteiger partial charge in [-0.05, 0) is 31.9 Å². The average Bonchev–Trinajstić information content (AvgIpc) is 2.87. The quantitative estimate of drug-likeness (QED) is 0.765. The number of pyridine rings is 1. The summed E-state index contributed by atoms with van der Waals surface area (Å²) in [6.07, 6.45) is 4.17. The van der Waals surface area contributed by atoms with Gasteiger partial charge in [0.2, 0.25) is 0 Å². The maximum absolute atomic E-state index is 12.5. The smallest absolute Gasteiger partial charge is 0.167 e. The molecule has 4 nitrogen and oxygen atoms in total. The Bertz CT molecular complexity index is 463.